The molecule has 0 saturated carbocycles. The number of aromatic amines is 1. The fraction of sp³-hybridized carbons (Fsp3) is 0.105. The number of hydrogen-bond acceptors (Lipinski definition) is 4. The number of nitrogens with zero attached hydrogens (tertiary/aromatic N) is 2. The summed E-state index contributed by atoms with van der Waals surface area (Å²) in [6, 6.07) is 13.1. The first-order chi connectivity index (χ1) is 13.4. The van der Waals surface area contributed by atoms with Crippen molar-refractivity contribution in [1.29, 1.82) is 0 Å². The van der Waals surface area contributed by atoms with E-state index in [0.29, 0.717) is 17.0 Å². The number of hydrogen-bond donors (Lipinski definition) is 2. The summed E-state index contributed by atoms with van der Waals surface area (Å²) in [5.41, 5.74) is 3.51. The number of methoxy groups -OCH3 is 1. The van der Waals surface area contributed by atoms with Crippen LogP contribution in [-0.4, -0.2) is 29.4 Å². The molecule has 1 aromatic heterocycles. The van der Waals surface area contributed by atoms with Gasteiger partial charge in [0.05, 0.1) is 24.6 Å². The van der Waals surface area contributed by atoms with Gasteiger partial charge in [-0.3, -0.25) is 9.89 Å². The molecule has 0 radical (unpaired) electrons. The Morgan fingerprint density at radius 3 is 2.43 bits per heavy atom. The lowest BCUT2D eigenvalue weighted by Gasteiger charge is -2.05. The Morgan fingerprint density at radius 2 is 1.82 bits per heavy atom. The number of amides is 1. The van der Waals surface area contributed by atoms with Crippen molar-refractivity contribution in [2.24, 2.45) is 5.10 Å². The van der Waals surface area contributed by atoms with Gasteiger partial charge >= 0.3 is 6.18 Å². The van der Waals surface area contributed by atoms with Crippen LogP contribution in [0, 0.1) is 0 Å². The minimum atomic E-state index is -4.40. The lowest BCUT2D eigenvalue weighted by Crippen LogP contribution is -2.18. The molecule has 0 saturated heterocycles. The second kappa shape index (κ2) is 7.95. The van der Waals surface area contributed by atoms with E-state index < -0.39 is 17.6 Å². The van der Waals surface area contributed by atoms with Gasteiger partial charge in [-0.1, -0.05) is 12.1 Å². The number of benzene rings is 2. The van der Waals surface area contributed by atoms with Crippen molar-refractivity contribution in [3.05, 3.63) is 71.4 Å². The smallest absolute Gasteiger partial charge is 0.416 e. The Kier molecular flexibility index (Phi) is 5.44. The van der Waals surface area contributed by atoms with E-state index in [1.807, 2.05) is 0 Å². The molecule has 6 nitrogen and oxygen atoms in total. The van der Waals surface area contributed by atoms with E-state index in [4.69, 9.17) is 4.74 Å². The quantitative estimate of drug-likeness (QED) is 0.514. The molecule has 1 amide bonds. The summed E-state index contributed by atoms with van der Waals surface area (Å²) >= 11 is 0. The Labute approximate surface area is 158 Å². The largest absolute Gasteiger partial charge is 0.497 e. The molecule has 9 heteroatoms. The molecule has 0 unspecified atom stereocenters. The summed E-state index contributed by atoms with van der Waals surface area (Å²) in [5.74, 6) is 0.172. The van der Waals surface area contributed by atoms with Crippen LogP contribution in [0.5, 0.6) is 5.75 Å². The highest BCUT2D eigenvalue weighted by Gasteiger charge is 2.29. The van der Waals surface area contributed by atoms with Gasteiger partial charge in [-0.15, -0.1) is 0 Å². The molecular formula is C19H15F3N4O2. The van der Waals surface area contributed by atoms with Gasteiger partial charge in [-0.25, -0.2) is 5.43 Å². The van der Waals surface area contributed by atoms with Crippen LogP contribution in [-0.2, 0) is 6.18 Å². The maximum Gasteiger partial charge on any atom is 0.416 e. The normalized spacial score (nSPS) is 11.6. The van der Waals surface area contributed by atoms with Crippen molar-refractivity contribution in [3.8, 4) is 17.0 Å². The van der Waals surface area contributed by atoms with Crippen molar-refractivity contribution in [3.63, 3.8) is 0 Å². The first-order valence-corrected chi connectivity index (χ1v) is 8.07. The van der Waals surface area contributed by atoms with Gasteiger partial charge < -0.3 is 4.74 Å². The Hall–Kier alpha value is -3.62. The van der Waals surface area contributed by atoms with E-state index in [2.05, 4.69) is 20.7 Å². The Balaban J connectivity index is 1.62. The van der Waals surface area contributed by atoms with Crippen molar-refractivity contribution in [1.82, 2.24) is 15.6 Å². The van der Waals surface area contributed by atoms with Crippen LogP contribution in [0.4, 0.5) is 13.2 Å². The maximum atomic E-state index is 12.5. The molecule has 2 N–H and O–H groups in total. The topological polar surface area (TPSA) is 79.4 Å². The summed E-state index contributed by atoms with van der Waals surface area (Å²) in [6.45, 7) is 0. The van der Waals surface area contributed by atoms with Crippen LogP contribution >= 0.6 is 0 Å². The fourth-order valence-corrected chi connectivity index (χ4v) is 2.33. The summed E-state index contributed by atoms with van der Waals surface area (Å²) in [7, 11) is 1.57. The highest BCUT2D eigenvalue weighted by Crippen LogP contribution is 2.28. The lowest BCUT2D eigenvalue weighted by atomic mass is 10.1. The summed E-state index contributed by atoms with van der Waals surface area (Å²) in [4.78, 5) is 12.1. The highest BCUT2D eigenvalue weighted by atomic mass is 19.4. The van der Waals surface area contributed by atoms with E-state index >= 15 is 0 Å². The number of halogens is 3. The molecule has 0 bridgehead atoms. The van der Waals surface area contributed by atoms with Crippen molar-refractivity contribution >= 4 is 12.1 Å². The van der Waals surface area contributed by atoms with Gasteiger partial charge in [-0.2, -0.15) is 23.4 Å². The predicted octanol–water partition coefficient (Wildman–Crippen LogP) is 3.87. The average Bonchev–Trinajstić information content (AvgIpc) is 3.18. The molecule has 144 valence electrons. The number of rotatable bonds is 5. The second-order valence-electron chi connectivity index (χ2n) is 5.71. The zero-order chi connectivity index (χ0) is 20.1. The Bertz CT molecular complexity index is 978. The SMILES string of the molecule is COc1ccc(-c2cc(C(=O)N/N=C\c3ccc(C(F)(F)F)cc3)[nH]n2)cc1. The number of nitrogens with one attached hydrogen (secondary N) is 2. The van der Waals surface area contributed by atoms with Crippen LogP contribution in [0.3, 0.4) is 0 Å². The highest BCUT2D eigenvalue weighted by molar-refractivity contribution is 5.94. The molecule has 28 heavy (non-hydrogen) atoms. The first-order valence-electron chi connectivity index (χ1n) is 8.07. The standard InChI is InChI=1S/C19H15F3N4O2/c1-28-15-8-4-13(5-9-15)16-10-17(25-24-16)18(27)26-23-11-12-2-6-14(7-3-12)19(20,21)22/h2-11H,1H3,(H,24,25)(H,26,27)/b23-11-. The zero-order valence-corrected chi connectivity index (χ0v) is 14.6. The van der Waals surface area contributed by atoms with E-state index in [1.165, 1.54) is 18.3 Å². The predicted molar refractivity (Wildman–Crippen MR) is 97.1 cm³/mol. The molecular weight excluding hydrogens is 373 g/mol. The fourth-order valence-electron chi connectivity index (χ4n) is 2.33. The molecule has 0 atom stereocenters. The minimum Gasteiger partial charge on any atom is -0.497 e. The minimum absolute atomic E-state index is 0.190. The second-order valence-corrected chi connectivity index (χ2v) is 5.71. The van der Waals surface area contributed by atoms with E-state index in [0.717, 1.165) is 17.7 Å². The molecule has 3 aromatic rings. The van der Waals surface area contributed by atoms with Crippen molar-refractivity contribution < 1.29 is 22.7 Å². The van der Waals surface area contributed by atoms with Crippen molar-refractivity contribution in [2.45, 2.75) is 6.18 Å². The average molecular weight is 388 g/mol. The summed E-state index contributed by atoms with van der Waals surface area (Å²) < 4.78 is 42.7. The third-order valence-electron chi connectivity index (χ3n) is 3.83. The van der Waals surface area contributed by atoms with Crippen LogP contribution in [0.15, 0.2) is 59.7 Å². The number of ether oxygens (including phenoxy) is 1. The molecule has 3 rings (SSSR count). The van der Waals surface area contributed by atoms with Crippen LogP contribution < -0.4 is 10.2 Å². The van der Waals surface area contributed by atoms with E-state index in [9.17, 15) is 18.0 Å². The molecule has 0 spiro atoms. The third-order valence-corrected chi connectivity index (χ3v) is 3.83. The Morgan fingerprint density at radius 1 is 1.14 bits per heavy atom. The number of H-pyrrole nitrogens is 1. The molecule has 0 fully saturated rings. The number of alkyl halides is 3. The number of carbonyl (C=O) groups excluding carboxylic acids is 1. The summed E-state index contributed by atoms with van der Waals surface area (Å²) in [5, 5.41) is 10.4. The monoisotopic (exact) mass is 388 g/mol. The lowest BCUT2D eigenvalue weighted by molar-refractivity contribution is -0.137. The third kappa shape index (κ3) is 4.56. The van der Waals surface area contributed by atoms with E-state index in [-0.39, 0.29) is 5.69 Å². The van der Waals surface area contributed by atoms with Gasteiger partial charge in [0.2, 0.25) is 0 Å². The number of aromatic nitrogens is 2. The maximum absolute atomic E-state index is 12.5. The van der Waals surface area contributed by atoms with Crippen LogP contribution in [0.25, 0.3) is 11.3 Å². The van der Waals surface area contributed by atoms with Crippen LogP contribution in [0.2, 0.25) is 0 Å². The van der Waals surface area contributed by atoms with Gasteiger partial charge in [0.1, 0.15) is 11.4 Å². The summed E-state index contributed by atoms with van der Waals surface area (Å²) in [6.07, 6.45) is -3.15. The molecule has 1 heterocycles. The van der Waals surface area contributed by atoms with Gasteiger partial charge in [0.25, 0.3) is 5.91 Å². The first kappa shape index (κ1) is 19.2. The number of hydrazone groups is 1. The molecule has 0 aliphatic rings. The van der Waals surface area contributed by atoms with E-state index in [1.54, 1.807) is 37.4 Å². The van der Waals surface area contributed by atoms with Crippen LogP contribution in [0.1, 0.15) is 21.6 Å². The molecule has 2 aromatic carbocycles. The zero-order valence-electron chi connectivity index (χ0n) is 14.6. The molecule has 0 aliphatic heterocycles. The molecule has 0 aliphatic carbocycles. The van der Waals surface area contributed by atoms with Gasteiger partial charge in [0, 0.05) is 5.56 Å². The van der Waals surface area contributed by atoms with Gasteiger partial charge in [0.15, 0.2) is 0 Å². The number of carbonyl (C=O) groups is 1. The van der Waals surface area contributed by atoms with Gasteiger partial charge in [-0.05, 0) is 48.0 Å². The van der Waals surface area contributed by atoms with Crippen molar-refractivity contribution in [2.75, 3.05) is 7.11 Å².